The number of nitro groups is 1. The van der Waals surface area contributed by atoms with Crippen LogP contribution < -0.4 is 4.90 Å². The number of benzene rings is 2. The lowest BCUT2D eigenvalue weighted by Gasteiger charge is -2.36. The van der Waals surface area contributed by atoms with Gasteiger partial charge < -0.3 is 9.80 Å². The second-order valence-electron chi connectivity index (χ2n) is 7.07. The summed E-state index contributed by atoms with van der Waals surface area (Å²) in [5.74, 6) is -0.0772. The third-order valence-corrected chi connectivity index (χ3v) is 5.57. The second-order valence-corrected chi connectivity index (χ2v) is 7.48. The summed E-state index contributed by atoms with van der Waals surface area (Å²) in [5.41, 5.74) is 2.94. The van der Waals surface area contributed by atoms with Gasteiger partial charge in [0, 0.05) is 56.6 Å². The van der Waals surface area contributed by atoms with Gasteiger partial charge in [0.25, 0.3) is 11.6 Å². The molecule has 0 N–H and O–H groups in total. The zero-order chi connectivity index (χ0) is 21.3. The summed E-state index contributed by atoms with van der Waals surface area (Å²) in [6.45, 7) is 2.42. The van der Waals surface area contributed by atoms with Crippen molar-refractivity contribution in [2.24, 2.45) is 7.05 Å². The fraction of sp³-hybridized carbons (Fsp3) is 0.238. The van der Waals surface area contributed by atoms with E-state index in [0.29, 0.717) is 42.6 Å². The van der Waals surface area contributed by atoms with E-state index in [1.54, 1.807) is 40.9 Å². The molecule has 1 fully saturated rings. The van der Waals surface area contributed by atoms with Gasteiger partial charge in [-0.1, -0.05) is 29.8 Å². The summed E-state index contributed by atoms with van der Waals surface area (Å²) < 4.78 is 1.59. The molecular formula is C21H20ClN5O3. The van der Waals surface area contributed by atoms with Crippen molar-refractivity contribution in [3.05, 3.63) is 75.4 Å². The van der Waals surface area contributed by atoms with E-state index in [1.807, 2.05) is 18.2 Å². The number of piperazine rings is 1. The molecule has 1 aliphatic rings. The lowest BCUT2D eigenvalue weighted by atomic mass is 10.1. The fourth-order valence-electron chi connectivity index (χ4n) is 3.58. The van der Waals surface area contributed by atoms with Crippen molar-refractivity contribution in [3.8, 4) is 11.3 Å². The molecule has 4 rings (SSSR count). The number of aromatic nitrogens is 2. The van der Waals surface area contributed by atoms with Crippen LogP contribution in [0.15, 0.2) is 54.6 Å². The monoisotopic (exact) mass is 425 g/mol. The number of non-ortho nitro benzene ring substituents is 1. The number of rotatable bonds is 4. The van der Waals surface area contributed by atoms with Crippen LogP contribution in [0.3, 0.4) is 0 Å². The molecule has 0 saturated carbocycles. The van der Waals surface area contributed by atoms with E-state index >= 15 is 0 Å². The highest BCUT2D eigenvalue weighted by atomic mass is 35.5. The molecule has 0 atom stereocenters. The third kappa shape index (κ3) is 3.86. The minimum absolute atomic E-state index is 0.0677. The van der Waals surface area contributed by atoms with E-state index in [4.69, 9.17) is 11.6 Å². The van der Waals surface area contributed by atoms with Crippen LogP contribution in [0.4, 0.5) is 11.4 Å². The van der Waals surface area contributed by atoms with Crippen LogP contribution in [0.5, 0.6) is 0 Å². The van der Waals surface area contributed by atoms with Crippen LogP contribution in [-0.4, -0.2) is 51.7 Å². The van der Waals surface area contributed by atoms with Gasteiger partial charge in [0.1, 0.15) is 5.69 Å². The molecule has 9 heteroatoms. The normalized spacial score (nSPS) is 14.1. The minimum atomic E-state index is -0.412. The highest BCUT2D eigenvalue weighted by molar-refractivity contribution is 6.33. The van der Waals surface area contributed by atoms with E-state index in [2.05, 4.69) is 10.00 Å². The Morgan fingerprint density at radius 1 is 1.07 bits per heavy atom. The number of hydrogen-bond donors (Lipinski definition) is 0. The van der Waals surface area contributed by atoms with E-state index in [0.717, 1.165) is 11.3 Å². The molecule has 0 spiro atoms. The van der Waals surface area contributed by atoms with E-state index in [-0.39, 0.29) is 11.6 Å². The molecule has 0 unspecified atom stereocenters. The minimum Gasteiger partial charge on any atom is -0.368 e. The van der Waals surface area contributed by atoms with E-state index in [1.165, 1.54) is 12.1 Å². The van der Waals surface area contributed by atoms with Gasteiger partial charge in [0.05, 0.1) is 15.6 Å². The molecule has 2 aromatic carbocycles. The van der Waals surface area contributed by atoms with Crippen molar-refractivity contribution in [1.29, 1.82) is 0 Å². The molecule has 3 aromatic rings. The molecule has 0 aliphatic carbocycles. The molecule has 1 aliphatic heterocycles. The molecule has 8 nitrogen and oxygen atoms in total. The molecule has 0 bridgehead atoms. The molecule has 1 saturated heterocycles. The Labute approximate surface area is 178 Å². The Balaban J connectivity index is 1.45. The topological polar surface area (TPSA) is 84.5 Å². The quantitative estimate of drug-likeness (QED) is 0.471. The Morgan fingerprint density at radius 3 is 2.37 bits per heavy atom. The summed E-state index contributed by atoms with van der Waals surface area (Å²) in [6.07, 6.45) is 0. The summed E-state index contributed by atoms with van der Waals surface area (Å²) in [5, 5.41) is 15.9. The number of aryl methyl sites for hydroxylation is 1. The number of hydrogen-bond acceptors (Lipinski definition) is 5. The van der Waals surface area contributed by atoms with Crippen LogP contribution >= 0.6 is 11.6 Å². The molecule has 2 heterocycles. The Kier molecular flexibility index (Phi) is 5.41. The smallest absolute Gasteiger partial charge is 0.272 e. The van der Waals surface area contributed by atoms with Crippen LogP contribution in [-0.2, 0) is 7.05 Å². The highest BCUT2D eigenvalue weighted by Crippen LogP contribution is 2.27. The number of amides is 1. The summed E-state index contributed by atoms with van der Waals surface area (Å²) in [4.78, 5) is 27.4. The maximum Gasteiger partial charge on any atom is 0.272 e. The fourth-order valence-corrected chi connectivity index (χ4v) is 3.82. The SMILES string of the molecule is Cn1nc(-c2ccccc2Cl)cc1C(=O)N1CCN(c2ccc([N+](=O)[O-])cc2)CC1. The predicted molar refractivity (Wildman–Crippen MR) is 115 cm³/mol. The molecule has 0 radical (unpaired) electrons. The summed E-state index contributed by atoms with van der Waals surface area (Å²) in [7, 11) is 1.75. The van der Waals surface area contributed by atoms with Gasteiger partial charge >= 0.3 is 0 Å². The van der Waals surface area contributed by atoms with Crippen LogP contribution in [0, 0.1) is 10.1 Å². The molecule has 1 aromatic heterocycles. The van der Waals surface area contributed by atoms with Gasteiger partial charge in [0.2, 0.25) is 0 Å². The van der Waals surface area contributed by atoms with Gasteiger partial charge in [-0.2, -0.15) is 5.10 Å². The van der Waals surface area contributed by atoms with Crippen molar-refractivity contribution in [1.82, 2.24) is 14.7 Å². The lowest BCUT2D eigenvalue weighted by molar-refractivity contribution is -0.384. The first-order chi connectivity index (χ1) is 14.4. The van der Waals surface area contributed by atoms with Crippen molar-refractivity contribution < 1.29 is 9.72 Å². The first-order valence-electron chi connectivity index (χ1n) is 9.51. The number of halogens is 1. The van der Waals surface area contributed by atoms with Crippen molar-refractivity contribution in [3.63, 3.8) is 0 Å². The first-order valence-corrected chi connectivity index (χ1v) is 9.89. The zero-order valence-corrected chi connectivity index (χ0v) is 17.1. The van der Waals surface area contributed by atoms with E-state index < -0.39 is 4.92 Å². The van der Waals surface area contributed by atoms with Crippen molar-refractivity contribution in [2.45, 2.75) is 0 Å². The first kappa shape index (κ1) is 19.9. The maximum absolute atomic E-state index is 13.1. The number of anilines is 1. The third-order valence-electron chi connectivity index (χ3n) is 5.24. The highest BCUT2D eigenvalue weighted by Gasteiger charge is 2.25. The zero-order valence-electron chi connectivity index (χ0n) is 16.4. The maximum atomic E-state index is 13.1. The molecule has 154 valence electrons. The Bertz CT molecular complexity index is 1090. The van der Waals surface area contributed by atoms with Crippen LogP contribution in [0.2, 0.25) is 5.02 Å². The molecule has 1 amide bonds. The van der Waals surface area contributed by atoms with Crippen molar-refractivity contribution in [2.75, 3.05) is 31.1 Å². The van der Waals surface area contributed by atoms with Gasteiger partial charge in [-0.25, -0.2) is 0 Å². The average molecular weight is 426 g/mol. The predicted octanol–water partition coefficient (Wildman–Crippen LogP) is 3.61. The number of nitro benzene ring substituents is 1. The van der Waals surface area contributed by atoms with Gasteiger partial charge in [-0.3, -0.25) is 19.6 Å². The number of carbonyl (C=O) groups excluding carboxylic acids is 1. The van der Waals surface area contributed by atoms with Gasteiger partial charge in [0.15, 0.2) is 0 Å². The van der Waals surface area contributed by atoms with Gasteiger partial charge in [-0.15, -0.1) is 0 Å². The summed E-state index contributed by atoms with van der Waals surface area (Å²) in [6, 6.07) is 15.7. The average Bonchev–Trinajstić information content (AvgIpc) is 3.15. The largest absolute Gasteiger partial charge is 0.368 e. The molecule has 30 heavy (non-hydrogen) atoms. The summed E-state index contributed by atoms with van der Waals surface area (Å²) >= 11 is 6.26. The standard InChI is InChI=1S/C21H20ClN5O3/c1-24-20(14-19(23-24)17-4-2-3-5-18(17)22)21(28)26-12-10-25(11-13-26)15-6-8-16(9-7-15)27(29)30/h2-9,14H,10-13H2,1H3. The second kappa shape index (κ2) is 8.16. The Morgan fingerprint density at radius 2 is 1.73 bits per heavy atom. The lowest BCUT2D eigenvalue weighted by Crippen LogP contribution is -2.49. The Hall–Kier alpha value is -3.39. The molecular weight excluding hydrogens is 406 g/mol. The van der Waals surface area contributed by atoms with Crippen LogP contribution in [0.25, 0.3) is 11.3 Å². The number of nitrogens with zero attached hydrogens (tertiary/aromatic N) is 5. The van der Waals surface area contributed by atoms with Crippen molar-refractivity contribution >= 4 is 28.9 Å². The number of carbonyl (C=O) groups is 1. The van der Waals surface area contributed by atoms with Gasteiger partial charge in [-0.05, 0) is 24.3 Å². The van der Waals surface area contributed by atoms with Crippen LogP contribution in [0.1, 0.15) is 10.5 Å². The van der Waals surface area contributed by atoms with E-state index in [9.17, 15) is 14.9 Å².